The third kappa shape index (κ3) is 5.90. The summed E-state index contributed by atoms with van der Waals surface area (Å²) < 4.78 is 2.43. The molecule has 1 unspecified atom stereocenters. The van der Waals surface area contributed by atoms with Gasteiger partial charge >= 0.3 is 0 Å². The molecule has 0 bridgehead atoms. The van der Waals surface area contributed by atoms with Gasteiger partial charge in [-0.3, -0.25) is 4.57 Å². The fourth-order valence-electron chi connectivity index (χ4n) is 6.32. The van der Waals surface area contributed by atoms with Crippen LogP contribution < -0.4 is 15.9 Å². The normalized spacial score (nSPS) is 15.6. The summed E-state index contributed by atoms with van der Waals surface area (Å²) in [6.45, 7) is 12.2. The lowest BCUT2D eigenvalue weighted by molar-refractivity contribution is 0.477. The quantitative estimate of drug-likeness (QED) is 0.166. The third-order valence-electron chi connectivity index (χ3n) is 8.53. The molecule has 5 aromatic rings. The molecular weight excluding hydrogens is 541 g/mol. The molecule has 6 rings (SSSR count). The fourth-order valence-corrected chi connectivity index (χ4v) is 9.00. The Balaban J connectivity index is 1.35. The van der Waals surface area contributed by atoms with Gasteiger partial charge in [-0.05, 0) is 65.9 Å². The lowest BCUT2D eigenvalue weighted by Gasteiger charge is -2.29. The molecule has 1 heterocycles. The molecular formula is C39H42N3P. The summed E-state index contributed by atoms with van der Waals surface area (Å²) in [6.07, 6.45) is 6.99. The highest BCUT2D eigenvalue weighted by Crippen LogP contribution is 2.49. The molecule has 0 saturated carbocycles. The van der Waals surface area contributed by atoms with Gasteiger partial charge in [-0.25, -0.2) is 4.98 Å². The number of benzene rings is 4. The second kappa shape index (κ2) is 12.8. The molecule has 3 nitrogen and oxygen atoms in total. The lowest BCUT2D eigenvalue weighted by atomic mass is 9.92. The molecule has 0 spiro atoms. The number of fused-ring (bicyclic) bond motifs is 1. The Bertz CT molecular complexity index is 1680. The monoisotopic (exact) mass is 583 g/mol. The van der Waals surface area contributed by atoms with Crippen LogP contribution in [0, 0.1) is 5.92 Å². The molecule has 4 heteroatoms. The Hall–Kier alpha value is -3.78. The zero-order chi connectivity index (χ0) is 29.9. The van der Waals surface area contributed by atoms with E-state index in [1.165, 1.54) is 38.3 Å². The molecule has 1 N–H and O–H groups in total. The maximum atomic E-state index is 5.21. The molecule has 0 radical (unpaired) electrons. The van der Waals surface area contributed by atoms with Gasteiger partial charge in [0, 0.05) is 12.0 Å². The van der Waals surface area contributed by atoms with Crippen molar-refractivity contribution in [2.24, 2.45) is 5.92 Å². The van der Waals surface area contributed by atoms with Crippen molar-refractivity contribution in [1.29, 1.82) is 0 Å². The van der Waals surface area contributed by atoms with Gasteiger partial charge in [0.1, 0.15) is 5.82 Å². The van der Waals surface area contributed by atoms with E-state index in [1.54, 1.807) is 0 Å². The predicted octanol–water partition coefficient (Wildman–Crippen LogP) is 8.95. The Morgan fingerprint density at radius 1 is 0.721 bits per heavy atom. The van der Waals surface area contributed by atoms with Gasteiger partial charge in [-0.15, -0.1) is 0 Å². The summed E-state index contributed by atoms with van der Waals surface area (Å²) in [5.74, 6) is 2.17. The van der Waals surface area contributed by atoms with Crippen LogP contribution in [0.4, 0.5) is 0 Å². The number of nitrogens with zero attached hydrogens (tertiary/aromatic N) is 2. The maximum absolute atomic E-state index is 5.21. The van der Waals surface area contributed by atoms with Crippen molar-refractivity contribution in [2.75, 3.05) is 0 Å². The van der Waals surface area contributed by atoms with Crippen LogP contribution in [0.2, 0.25) is 0 Å². The van der Waals surface area contributed by atoms with Gasteiger partial charge in [0.25, 0.3) is 0 Å². The van der Waals surface area contributed by atoms with Gasteiger partial charge in [-0.1, -0.05) is 137 Å². The molecule has 1 aromatic heterocycles. The van der Waals surface area contributed by atoms with Crippen LogP contribution >= 0.6 is 7.92 Å². The zero-order valence-corrected chi connectivity index (χ0v) is 26.8. The summed E-state index contributed by atoms with van der Waals surface area (Å²) in [5, 5.41) is 8.21. The second-order valence-electron chi connectivity index (χ2n) is 12.1. The van der Waals surface area contributed by atoms with Crippen LogP contribution in [0.5, 0.6) is 0 Å². The van der Waals surface area contributed by atoms with Crippen molar-refractivity contribution in [3.8, 4) is 5.69 Å². The summed E-state index contributed by atoms with van der Waals surface area (Å²) in [6, 6.07) is 37.6. The minimum Gasteiger partial charge on any atom is -0.306 e. The van der Waals surface area contributed by atoms with Crippen molar-refractivity contribution in [1.82, 2.24) is 14.9 Å². The third-order valence-corrected chi connectivity index (χ3v) is 11.1. The molecule has 1 aliphatic rings. The fraction of sp³-hybridized carbons (Fsp3) is 0.256. The minimum atomic E-state index is -0.633. The number of aromatic nitrogens is 2. The number of hydrogen-bond donors (Lipinski definition) is 1. The van der Waals surface area contributed by atoms with E-state index in [4.69, 9.17) is 4.98 Å². The molecule has 2 atom stereocenters. The highest BCUT2D eigenvalue weighted by Gasteiger charge is 2.30. The highest BCUT2D eigenvalue weighted by molar-refractivity contribution is 7.76. The van der Waals surface area contributed by atoms with E-state index < -0.39 is 7.92 Å². The van der Waals surface area contributed by atoms with Gasteiger partial charge in [0.15, 0.2) is 0 Å². The molecule has 1 aliphatic carbocycles. The van der Waals surface area contributed by atoms with Crippen molar-refractivity contribution in [2.45, 2.75) is 59.0 Å². The molecule has 0 aliphatic heterocycles. The number of allylic oxidation sites excluding steroid dienone is 2. The van der Waals surface area contributed by atoms with Gasteiger partial charge < -0.3 is 5.32 Å². The van der Waals surface area contributed by atoms with Crippen LogP contribution in [0.3, 0.4) is 0 Å². The predicted molar refractivity (Wildman–Crippen MR) is 185 cm³/mol. The van der Waals surface area contributed by atoms with E-state index in [2.05, 4.69) is 166 Å². The molecule has 4 aromatic carbocycles. The minimum absolute atomic E-state index is 0.237. The summed E-state index contributed by atoms with van der Waals surface area (Å²) in [7, 11) is -0.633. The van der Waals surface area contributed by atoms with Crippen LogP contribution in [-0.2, 0) is 6.54 Å². The Morgan fingerprint density at radius 3 is 1.91 bits per heavy atom. The maximum Gasteiger partial charge on any atom is 0.128 e. The summed E-state index contributed by atoms with van der Waals surface area (Å²) >= 11 is 0. The number of rotatable bonds is 10. The molecule has 218 valence electrons. The topological polar surface area (TPSA) is 29.9 Å². The van der Waals surface area contributed by atoms with E-state index >= 15 is 0 Å². The summed E-state index contributed by atoms with van der Waals surface area (Å²) in [4.78, 5) is 5.21. The second-order valence-corrected chi connectivity index (χ2v) is 14.3. The number of hydrogen-bond acceptors (Lipinski definition) is 2. The highest BCUT2D eigenvalue weighted by atomic mass is 31.1. The van der Waals surface area contributed by atoms with Crippen LogP contribution in [0.1, 0.15) is 63.4 Å². The van der Waals surface area contributed by atoms with E-state index in [1.807, 2.05) is 0 Å². The zero-order valence-electron chi connectivity index (χ0n) is 25.9. The largest absolute Gasteiger partial charge is 0.306 e. The van der Waals surface area contributed by atoms with Gasteiger partial charge in [0.2, 0.25) is 0 Å². The molecule has 0 fully saturated rings. The Kier molecular flexibility index (Phi) is 8.75. The standard InChI is InChI=1S/C39H42N3P/c1-27(2)32-20-14-21-33(28(3)4)39(32)42-36-24-13-12-23-35(36)41-38(42)26-40-29(5)34-22-15-25-37(34)43(30-16-8-6-9-17-30)31-18-10-7-11-19-31/h6-25,27-29,34,40H,26H2,1-5H3/t29-,34?/m0/s1. The number of imidazole rings is 1. The van der Waals surface area contributed by atoms with E-state index in [9.17, 15) is 0 Å². The van der Waals surface area contributed by atoms with Crippen LogP contribution in [0.25, 0.3) is 16.7 Å². The van der Waals surface area contributed by atoms with Crippen molar-refractivity contribution in [3.05, 3.63) is 144 Å². The van der Waals surface area contributed by atoms with Crippen molar-refractivity contribution in [3.63, 3.8) is 0 Å². The molecule has 43 heavy (non-hydrogen) atoms. The van der Waals surface area contributed by atoms with E-state index in [-0.39, 0.29) is 6.04 Å². The van der Waals surface area contributed by atoms with Gasteiger partial charge in [-0.2, -0.15) is 0 Å². The van der Waals surface area contributed by atoms with Crippen molar-refractivity contribution >= 4 is 29.6 Å². The molecule has 0 amide bonds. The Morgan fingerprint density at radius 2 is 1.30 bits per heavy atom. The van der Waals surface area contributed by atoms with Gasteiger partial charge in [0.05, 0.1) is 23.3 Å². The SMILES string of the molecule is CC(C)c1cccc(C(C)C)c1-n1c(CN[C@@H](C)C2C=CC=C2P(c2ccccc2)c2ccccc2)nc2ccccc21. The van der Waals surface area contributed by atoms with E-state index in [0.717, 1.165) is 11.3 Å². The van der Waals surface area contributed by atoms with Crippen LogP contribution in [0.15, 0.2) is 127 Å². The van der Waals surface area contributed by atoms with E-state index in [0.29, 0.717) is 24.3 Å². The first-order valence-corrected chi connectivity index (χ1v) is 16.9. The van der Waals surface area contributed by atoms with Crippen LogP contribution in [-0.4, -0.2) is 15.6 Å². The Labute approximate surface area is 258 Å². The number of nitrogens with one attached hydrogen (secondary N) is 1. The average molecular weight is 584 g/mol. The molecule has 0 saturated heterocycles. The number of para-hydroxylation sites is 3. The summed E-state index contributed by atoms with van der Waals surface area (Å²) in [5.41, 5.74) is 6.23. The lowest BCUT2D eigenvalue weighted by Crippen LogP contribution is -2.34. The first kappa shape index (κ1) is 29.3. The first-order valence-electron chi connectivity index (χ1n) is 15.6. The average Bonchev–Trinajstić information content (AvgIpc) is 3.65. The smallest absolute Gasteiger partial charge is 0.128 e. The van der Waals surface area contributed by atoms with Crippen molar-refractivity contribution < 1.29 is 0 Å². The first-order chi connectivity index (χ1) is 20.9.